The van der Waals surface area contributed by atoms with Gasteiger partial charge in [0.25, 0.3) is 0 Å². The van der Waals surface area contributed by atoms with Crippen molar-refractivity contribution in [2.24, 2.45) is 5.92 Å². The summed E-state index contributed by atoms with van der Waals surface area (Å²) in [6.07, 6.45) is 32.0. The minimum absolute atomic E-state index is 0.0675. The van der Waals surface area contributed by atoms with Gasteiger partial charge in [0, 0.05) is 58.2 Å². The van der Waals surface area contributed by atoms with Gasteiger partial charge in [-0.15, -0.1) is 0 Å². The number of rotatable bonds is 32. The van der Waals surface area contributed by atoms with Gasteiger partial charge in [-0.1, -0.05) is 156 Å². The number of piperazine rings is 1. The lowest BCUT2D eigenvalue weighted by molar-refractivity contribution is -0.145. The molecule has 2 amide bonds. The lowest BCUT2D eigenvalue weighted by atomic mass is 10.0. The molecule has 2 aliphatic rings. The molecular formula is C46H88N4O4. The highest BCUT2D eigenvalue weighted by atomic mass is 16.5. The van der Waals surface area contributed by atoms with Crippen molar-refractivity contribution in [1.82, 2.24) is 20.0 Å². The first-order valence-electron chi connectivity index (χ1n) is 23.5. The molecular weight excluding hydrogens is 673 g/mol. The fourth-order valence-corrected chi connectivity index (χ4v) is 8.33. The van der Waals surface area contributed by atoms with Crippen LogP contribution in [0.5, 0.6) is 0 Å². The number of ether oxygens (including phenoxy) is 1. The molecule has 1 heterocycles. The number of carbonyl (C=O) groups is 3. The molecule has 0 radical (unpaired) electrons. The van der Waals surface area contributed by atoms with Crippen molar-refractivity contribution in [3.63, 3.8) is 0 Å². The Morgan fingerprint density at radius 3 is 1.81 bits per heavy atom. The van der Waals surface area contributed by atoms with Crippen molar-refractivity contribution >= 4 is 17.8 Å². The third-order valence-corrected chi connectivity index (χ3v) is 12.3. The topological polar surface area (TPSA) is 82.2 Å². The van der Waals surface area contributed by atoms with Crippen molar-refractivity contribution in [2.75, 3.05) is 52.9 Å². The van der Waals surface area contributed by atoms with Crippen LogP contribution in [0.15, 0.2) is 0 Å². The van der Waals surface area contributed by atoms with Crippen LogP contribution in [0.4, 0.5) is 0 Å². The van der Waals surface area contributed by atoms with Crippen LogP contribution in [-0.2, 0) is 19.1 Å². The Balaban J connectivity index is 1.92. The van der Waals surface area contributed by atoms with Gasteiger partial charge >= 0.3 is 5.97 Å². The van der Waals surface area contributed by atoms with Gasteiger partial charge in [0.2, 0.25) is 11.8 Å². The third kappa shape index (κ3) is 23.4. The average molecular weight is 761 g/mol. The molecule has 1 saturated heterocycles. The van der Waals surface area contributed by atoms with E-state index in [1.165, 1.54) is 96.3 Å². The first-order valence-corrected chi connectivity index (χ1v) is 23.5. The summed E-state index contributed by atoms with van der Waals surface area (Å²) in [5.74, 6) is 0.644. The minimum Gasteiger partial charge on any atom is -0.465 e. The van der Waals surface area contributed by atoms with Gasteiger partial charge < -0.3 is 19.9 Å². The first-order chi connectivity index (χ1) is 26.4. The summed E-state index contributed by atoms with van der Waals surface area (Å²) in [6.45, 7) is 12.8. The molecule has 1 aliphatic carbocycles. The molecule has 2 rings (SSSR count). The molecule has 2 atom stereocenters. The van der Waals surface area contributed by atoms with Crippen molar-refractivity contribution < 1.29 is 19.1 Å². The lowest BCUT2D eigenvalue weighted by Crippen LogP contribution is -2.54. The first kappa shape index (κ1) is 48.5. The standard InChI is InChI=1S/C46H88N4O4/c1-5-8-10-11-12-13-14-15-16-18-25-31-43(46(53)47-42-29-23-21-22-24-30-42)50(39-38-49-36-34-48(4)35-37-49)44(51)32-26-19-17-20-27-33-45(52)54-40-41(7-3)28-9-6-2/h41-43H,5-40H2,1-4H3,(H,47,53). The van der Waals surface area contributed by atoms with Gasteiger partial charge in [0.05, 0.1) is 6.61 Å². The van der Waals surface area contributed by atoms with Crippen LogP contribution < -0.4 is 5.32 Å². The molecule has 1 aliphatic heterocycles. The molecule has 8 heteroatoms. The molecule has 54 heavy (non-hydrogen) atoms. The maximum Gasteiger partial charge on any atom is 0.305 e. The van der Waals surface area contributed by atoms with E-state index in [0.29, 0.717) is 31.9 Å². The Bertz CT molecular complexity index is 932. The zero-order valence-electron chi connectivity index (χ0n) is 36.2. The Morgan fingerprint density at radius 2 is 1.22 bits per heavy atom. The normalized spacial score (nSPS) is 17.2. The summed E-state index contributed by atoms with van der Waals surface area (Å²) >= 11 is 0. The second kappa shape index (κ2) is 32.4. The van der Waals surface area contributed by atoms with Crippen molar-refractivity contribution in [3.05, 3.63) is 0 Å². The SMILES string of the molecule is CCCCCCCCCCCCCC(C(=O)NC1CCCCCC1)N(CCN1CCN(C)CC1)C(=O)CCCCCCCC(=O)OCC(CC)CCCC. The van der Waals surface area contributed by atoms with E-state index in [4.69, 9.17) is 4.74 Å². The minimum atomic E-state index is -0.382. The Kier molecular flexibility index (Phi) is 29.1. The van der Waals surface area contributed by atoms with E-state index in [0.717, 1.165) is 110 Å². The quantitative estimate of drug-likeness (QED) is 0.0418. The van der Waals surface area contributed by atoms with E-state index in [2.05, 4.69) is 42.9 Å². The molecule has 1 N–H and O–H groups in total. The van der Waals surface area contributed by atoms with Crippen LogP contribution in [0.2, 0.25) is 0 Å². The predicted octanol–water partition coefficient (Wildman–Crippen LogP) is 10.5. The molecule has 0 bridgehead atoms. The summed E-state index contributed by atoms with van der Waals surface area (Å²) in [6, 6.07) is -0.145. The summed E-state index contributed by atoms with van der Waals surface area (Å²) < 4.78 is 5.59. The van der Waals surface area contributed by atoms with Crippen molar-refractivity contribution in [2.45, 2.75) is 219 Å². The fourth-order valence-electron chi connectivity index (χ4n) is 8.33. The van der Waals surface area contributed by atoms with E-state index in [1.54, 1.807) is 0 Å². The molecule has 2 fully saturated rings. The second-order valence-electron chi connectivity index (χ2n) is 17.1. The summed E-state index contributed by atoms with van der Waals surface area (Å²) in [4.78, 5) is 47.5. The molecule has 0 aromatic carbocycles. The summed E-state index contributed by atoms with van der Waals surface area (Å²) in [7, 11) is 2.18. The van der Waals surface area contributed by atoms with E-state index < -0.39 is 0 Å². The number of esters is 1. The van der Waals surface area contributed by atoms with Crippen LogP contribution in [0.25, 0.3) is 0 Å². The molecule has 316 valence electrons. The molecule has 2 unspecified atom stereocenters. The maximum absolute atomic E-state index is 14.2. The van der Waals surface area contributed by atoms with Crippen molar-refractivity contribution in [3.8, 4) is 0 Å². The largest absolute Gasteiger partial charge is 0.465 e. The molecule has 1 saturated carbocycles. The highest BCUT2D eigenvalue weighted by Gasteiger charge is 2.31. The average Bonchev–Trinajstić information content (AvgIpc) is 3.45. The Labute approximate surface area is 334 Å². The smallest absolute Gasteiger partial charge is 0.305 e. The number of carbonyl (C=O) groups excluding carboxylic acids is 3. The zero-order chi connectivity index (χ0) is 39.1. The van der Waals surface area contributed by atoms with E-state index in [1.807, 2.05) is 4.90 Å². The van der Waals surface area contributed by atoms with Crippen LogP contribution in [-0.4, -0.2) is 97.5 Å². The van der Waals surface area contributed by atoms with Crippen LogP contribution >= 0.6 is 0 Å². The van der Waals surface area contributed by atoms with Gasteiger partial charge in [-0.25, -0.2) is 0 Å². The third-order valence-electron chi connectivity index (χ3n) is 12.3. The van der Waals surface area contributed by atoms with E-state index in [9.17, 15) is 14.4 Å². The molecule has 0 aromatic rings. The predicted molar refractivity (Wildman–Crippen MR) is 227 cm³/mol. The fraction of sp³-hybridized carbons (Fsp3) is 0.935. The van der Waals surface area contributed by atoms with Gasteiger partial charge in [0.1, 0.15) is 6.04 Å². The Morgan fingerprint density at radius 1 is 0.667 bits per heavy atom. The van der Waals surface area contributed by atoms with Gasteiger partial charge in [0.15, 0.2) is 0 Å². The number of likely N-dealkylation sites (N-methyl/N-ethyl adjacent to an activating group) is 1. The lowest BCUT2D eigenvalue weighted by Gasteiger charge is -2.36. The number of amides is 2. The Hall–Kier alpha value is -1.67. The maximum atomic E-state index is 14.2. The van der Waals surface area contributed by atoms with Crippen LogP contribution in [0.3, 0.4) is 0 Å². The number of hydrogen-bond acceptors (Lipinski definition) is 6. The molecule has 0 spiro atoms. The zero-order valence-corrected chi connectivity index (χ0v) is 36.2. The number of nitrogens with zero attached hydrogens (tertiary/aromatic N) is 3. The van der Waals surface area contributed by atoms with Crippen LogP contribution in [0.1, 0.15) is 207 Å². The summed E-state index contributed by atoms with van der Waals surface area (Å²) in [5, 5.41) is 3.46. The van der Waals surface area contributed by atoms with Gasteiger partial charge in [-0.2, -0.15) is 0 Å². The van der Waals surface area contributed by atoms with E-state index >= 15 is 0 Å². The van der Waals surface area contributed by atoms with Crippen molar-refractivity contribution in [1.29, 1.82) is 0 Å². The van der Waals surface area contributed by atoms with E-state index in [-0.39, 0.29) is 29.9 Å². The second-order valence-corrected chi connectivity index (χ2v) is 17.1. The van der Waals surface area contributed by atoms with Crippen LogP contribution in [0, 0.1) is 5.92 Å². The number of unbranched alkanes of at least 4 members (excludes halogenated alkanes) is 15. The monoisotopic (exact) mass is 761 g/mol. The molecule has 8 nitrogen and oxygen atoms in total. The van der Waals surface area contributed by atoms with Gasteiger partial charge in [-0.3, -0.25) is 19.3 Å². The highest BCUT2D eigenvalue weighted by Crippen LogP contribution is 2.21. The highest BCUT2D eigenvalue weighted by molar-refractivity contribution is 5.87. The number of hydrogen-bond donors (Lipinski definition) is 1. The summed E-state index contributed by atoms with van der Waals surface area (Å²) in [5.41, 5.74) is 0. The number of nitrogens with one attached hydrogen (secondary N) is 1. The van der Waals surface area contributed by atoms with Gasteiger partial charge in [-0.05, 0) is 51.5 Å². The molecule has 0 aromatic heterocycles.